The lowest BCUT2D eigenvalue weighted by Crippen LogP contribution is -2.38. The number of aryl methyl sites for hydroxylation is 2. The Morgan fingerprint density at radius 1 is 1.46 bits per heavy atom. The molecule has 1 aliphatic rings. The Labute approximate surface area is 170 Å². The van der Waals surface area contributed by atoms with Gasteiger partial charge in [-0.25, -0.2) is 4.98 Å². The molecule has 1 aromatic heterocycles. The Kier molecular flexibility index (Phi) is 7.28. The van der Waals surface area contributed by atoms with Gasteiger partial charge in [0.05, 0.1) is 18.3 Å². The zero-order chi connectivity index (χ0) is 19.9. The number of ether oxygens (including phenoxy) is 2. The number of nitrogens with zero attached hydrogens (tertiary/aromatic N) is 2. The highest BCUT2D eigenvalue weighted by Crippen LogP contribution is 2.29. The van der Waals surface area contributed by atoms with E-state index >= 15 is 0 Å². The molecule has 2 aromatic rings. The number of benzene rings is 1. The average molecular weight is 404 g/mol. The summed E-state index contributed by atoms with van der Waals surface area (Å²) in [6.45, 7) is 7.20. The fourth-order valence-corrected chi connectivity index (χ4v) is 4.13. The predicted molar refractivity (Wildman–Crippen MR) is 111 cm³/mol. The standard InChI is InChI=1S/C21H29N3O3S/c1-4-17-13-24(12-16-11-18(26-3)5-6-19(16)27-17)10-9-22-21(25)8-7-20-15(2)23-14-28-20/h5-6,11,14,17H,4,7-10,12-13H2,1-3H3,(H,22,25). The van der Waals surface area contributed by atoms with E-state index in [1.54, 1.807) is 18.4 Å². The van der Waals surface area contributed by atoms with Gasteiger partial charge in [0.2, 0.25) is 5.91 Å². The topological polar surface area (TPSA) is 63.7 Å². The van der Waals surface area contributed by atoms with Gasteiger partial charge in [-0.1, -0.05) is 6.92 Å². The van der Waals surface area contributed by atoms with Gasteiger partial charge >= 0.3 is 0 Å². The van der Waals surface area contributed by atoms with Crippen LogP contribution in [-0.2, 0) is 17.8 Å². The quantitative estimate of drug-likeness (QED) is 0.733. The largest absolute Gasteiger partial charge is 0.497 e. The third-order valence-electron chi connectivity index (χ3n) is 5.05. The molecule has 0 saturated heterocycles. The molecule has 0 fully saturated rings. The van der Waals surface area contributed by atoms with Crippen LogP contribution in [0.15, 0.2) is 23.7 Å². The van der Waals surface area contributed by atoms with Crippen molar-refractivity contribution in [2.24, 2.45) is 0 Å². The number of amides is 1. The maximum absolute atomic E-state index is 12.2. The predicted octanol–water partition coefficient (Wildman–Crippen LogP) is 3.18. The Hall–Kier alpha value is -2.12. The first kappa shape index (κ1) is 20.6. The molecule has 28 heavy (non-hydrogen) atoms. The number of hydrogen-bond acceptors (Lipinski definition) is 6. The van der Waals surface area contributed by atoms with Crippen molar-refractivity contribution < 1.29 is 14.3 Å². The molecule has 1 unspecified atom stereocenters. The Morgan fingerprint density at radius 2 is 2.32 bits per heavy atom. The number of hydrogen-bond donors (Lipinski definition) is 1. The van der Waals surface area contributed by atoms with Crippen LogP contribution in [0.25, 0.3) is 0 Å². The number of aromatic nitrogens is 1. The number of rotatable bonds is 8. The van der Waals surface area contributed by atoms with Gasteiger partial charge < -0.3 is 14.8 Å². The zero-order valence-corrected chi connectivity index (χ0v) is 17.7. The molecule has 0 saturated carbocycles. The number of thiazole rings is 1. The molecular formula is C21H29N3O3S. The molecule has 1 N–H and O–H groups in total. The molecule has 7 heteroatoms. The fourth-order valence-electron chi connectivity index (χ4n) is 3.35. The lowest BCUT2D eigenvalue weighted by atomic mass is 10.2. The monoisotopic (exact) mass is 403 g/mol. The SMILES string of the molecule is CCC1CN(CCNC(=O)CCc2scnc2C)Cc2cc(OC)ccc2O1. The summed E-state index contributed by atoms with van der Waals surface area (Å²) >= 11 is 1.62. The number of carbonyl (C=O) groups excluding carboxylic acids is 1. The molecule has 0 radical (unpaired) electrons. The average Bonchev–Trinajstić information content (AvgIpc) is 3.02. The van der Waals surface area contributed by atoms with Crippen LogP contribution in [0, 0.1) is 6.92 Å². The summed E-state index contributed by atoms with van der Waals surface area (Å²) in [7, 11) is 1.68. The third kappa shape index (κ3) is 5.45. The van der Waals surface area contributed by atoms with Crippen molar-refractivity contribution in [2.75, 3.05) is 26.7 Å². The van der Waals surface area contributed by atoms with Crippen LogP contribution in [-0.4, -0.2) is 48.6 Å². The van der Waals surface area contributed by atoms with Gasteiger partial charge in [0.1, 0.15) is 17.6 Å². The van der Waals surface area contributed by atoms with Crippen molar-refractivity contribution in [1.29, 1.82) is 0 Å². The van der Waals surface area contributed by atoms with Crippen molar-refractivity contribution >= 4 is 17.2 Å². The number of fused-ring (bicyclic) bond motifs is 1. The van der Waals surface area contributed by atoms with Crippen LogP contribution < -0.4 is 14.8 Å². The molecule has 1 atom stereocenters. The second kappa shape index (κ2) is 9.89. The van der Waals surface area contributed by atoms with E-state index in [1.165, 1.54) is 4.88 Å². The first-order valence-corrected chi connectivity index (χ1v) is 10.7. The summed E-state index contributed by atoms with van der Waals surface area (Å²) in [6.07, 6.45) is 2.36. The van der Waals surface area contributed by atoms with Crippen molar-refractivity contribution in [3.05, 3.63) is 39.8 Å². The van der Waals surface area contributed by atoms with Gasteiger partial charge in [0.15, 0.2) is 0 Å². The van der Waals surface area contributed by atoms with Crippen LogP contribution in [0.4, 0.5) is 0 Å². The molecular weight excluding hydrogens is 374 g/mol. The summed E-state index contributed by atoms with van der Waals surface area (Å²) in [5.41, 5.74) is 3.99. The van der Waals surface area contributed by atoms with E-state index in [1.807, 2.05) is 30.6 Å². The van der Waals surface area contributed by atoms with Crippen molar-refractivity contribution in [2.45, 2.75) is 45.8 Å². The van der Waals surface area contributed by atoms with Crippen molar-refractivity contribution in [1.82, 2.24) is 15.2 Å². The van der Waals surface area contributed by atoms with Gasteiger partial charge in [0.25, 0.3) is 0 Å². The third-order valence-corrected chi connectivity index (χ3v) is 6.04. The molecule has 0 bridgehead atoms. The van der Waals surface area contributed by atoms with Crippen molar-refractivity contribution in [3.63, 3.8) is 0 Å². The molecule has 1 aromatic carbocycles. The number of carbonyl (C=O) groups is 1. The Bertz CT molecular complexity index is 793. The highest BCUT2D eigenvalue weighted by molar-refractivity contribution is 7.09. The van der Waals surface area contributed by atoms with Gasteiger partial charge in [0, 0.05) is 43.0 Å². The summed E-state index contributed by atoms with van der Waals surface area (Å²) in [5.74, 6) is 1.86. The van der Waals surface area contributed by atoms with E-state index in [2.05, 4.69) is 22.1 Å². The van der Waals surface area contributed by atoms with E-state index in [9.17, 15) is 4.79 Å². The van der Waals surface area contributed by atoms with Gasteiger partial charge in [-0.05, 0) is 38.0 Å². The highest BCUT2D eigenvalue weighted by Gasteiger charge is 2.22. The molecule has 1 aliphatic heterocycles. The molecule has 0 aliphatic carbocycles. The summed E-state index contributed by atoms with van der Waals surface area (Å²) < 4.78 is 11.5. The lowest BCUT2D eigenvalue weighted by molar-refractivity contribution is -0.121. The van der Waals surface area contributed by atoms with E-state index in [4.69, 9.17) is 9.47 Å². The summed E-state index contributed by atoms with van der Waals surface area (Å²) in [6, 6.07) is 5.96. The van der Waals surface area contributed by atoms with E-state index < -0.39 is 0 Å². The van der Waals surface area contributed by atoms with Gasteiger partial charge in [-0.2, -0.15) is 0 Å². The van der Waals surface area contributed by atoms with Crippen LogP contribution in [0.1, 0.15) is 35.9 Å². The zero-order valence-electron chi connectivity index (χ0n) is 16.9. The van der Waals surface area contributed by atoms with Crippen LogP contribution in [0.2, 0.25) is 0 Å². The molecule has 2 heterocycles. The lowest BCUT2D eigenvalue weighted by Gasteiger charge is -2.23. The highest BCUT2D eigenvalue weighted by atomic mass is 32.1. The normalized spacial score (nSPS) is 16.8. The number of methoxy groups -OCH3 is 1. The van der Waals surface area contributed by atoms with Gasteiger partial charge in [-0.3, -0.25) is 9.69 Å². The Balaban J connectivity index is 1.51. The smallest absolute Gasteiger partial charge is 0.220 e. The van der Waals surface area contributed by atoms with Gasteiger partial charge in [-0.15, -0.1) is 11.3 Å². The number of nitrogens with one attached hydrogen (secondary N) is 1. The maximum atomic E-state index is 12.2. The van der Waals surface area contributed by atoms with Crippen LogP contribution in [0.3, 0.4) is 0 Å². The van der Waals surface area contributed by atoms with E-state index in [0.717, 1.165) is 55.2 Å². The molecule has 6 nitrogen and oxygen atoms in total. The van der Waals surface area contributed by atoms with E-state index in [0.29, 0.717) is 13.0 Å². The Morgan fingerprint density at radius 3 is 3.04 bits per heavy atom. The summed E-state index contributed by atoms with van der Waals surface area (Å²) in [4.78, 5) is 19.9. The second-order valence-electron chi connectivity index (χ2n) is 7.07. The molecule has 3 rings (SSSR count). The van der Waals surface area contributed by atoms with E-state index in [-0.39, 0.29) is 12.0 Å². The maximum Gasteiger partial charge on any atom is 0.220 e. The molecule has 0 spiro atoms. The minimum absolute atomic E-state index is 0.0907. The molecule has 152 valence electrons. The second-order valence-corrected chi connectivity index (χ2v) is 8.01. The minimum Gasteiger partial charge on any atom is -0.497 e. The molecule has 1 amide bonds. The van der Waals surface area contributed by atoms with Crippen LogP contribution in [0.5, 0.6) is 11.5 Å². The first-order valence-electron chi connectivity index (χ1n) is 9.80. The van der Waals surface area contributed by atoms with Crippen molar-refractivity contribution in [3.8, 4) is 11.5 Å². The summed E-state index contributed by atoms with van der Waals surface area (Å²) in [5, 5.41) is 3.05. The minimum atomic E-state index is 0.0907. The fraction of sp³-hybridized carbons (Fsp3) is 0.524. The first-order chi connectivity index (χ1) is 13.6. The van der Waals surface area contributed by atoms with Crippen LogP contribution >= 0.6 is 11.3 Å².